The molecule has 15 heavy (non-hydrogen) atoms. The zero-order valence-corrected chi connectivity index (χ0v) is 9.36. The molecule has 2 rings (SSSR count). The summed E-state index contributed by atoms with van der Waals surface area (Å²) < 4.78 is 0.896. The van der Waals surface area contributed by atoms with Crippen molar-refractivity contribution in [3.8, 4) is 0 Å². The van der Waals surface area contributed by atoms with Crippen LogP contribution in [0.15, 0.2) is 6.33 Å². The van der Waals surface area contributed by atoms with Crippen LogP contribution >= 0.6 is 0 Å². The van der Waals surface area contributed by atoms with Gasteiger partial charge < -0.3 is 5.21 Å². The fourth-order valence-electron chi connectivity index (χ4n) is 2.10. The number of nitrogens with zero attached hydrogens (tertiary/aromatic N) is 3. The van der Waals surface area contributed by atoms with Gasteiger partial charge in [-0.15, -0.1) is 4.98 Å². The SMILES string of the molecule is Cc1nc[n+]([O-])c(N2CCCCC2)c1C. The number of anilines is 1. The van der Waals surface area contributed by atoms with Crippen LogP contribution in [0.3, 0.4) is 0 Å². The van der Waals surface area contributed by atoms with Gasteiger partial charge in [0.25, 0.3) is 0 Å². The van der Waals surface area contributed by atoms with Gasteiger partial charge in [0.05, 0.1) is 18.7 Å². The molecule has 2 heterocycles. The molecule has 1 fully saturated rings. The van der Waals surface area contributed by atoms with Crippen LogP contribution in [0.5, 0.6) is 0 Å². The molecular weight excluding hydrogens is 190 g/mol. The Hall–Kier alpha value is -1.32. The van der Waals surface area contributed by atoms with Gasteiger partial charge in [-0.25, -0.2) is 0 Å². The van der Waals surface area contributed by atoms with Gasteiger partial charge in [-0.05, 0) is 33.1 Å². The van der Waals surface area contributed by atoms with Crippen LogP contribution in [-0.2, 0) is 0 Å². The molecule has 0 N–H and O–H groups in total. The smallest absolute Gasteiger partial charge is 0.230 e. The highest BCUT2D eigenvalue weighted by Crippen LogP contribution is 2.20. The fraction of sp³-hybridized carbons (Fsp3) is 0.636. The molecule has 1 aliphatic rings. The summed E-state index contributed by atoms with van der Waals surface area (Å²) in [5.74, 6) is 0.794. The Labute approximate surface area is 90.1 Å². The minimum atomic E-state index is 0.794. The predicted molar refractivity (Wildman–Crippen MR) is 58.7 cm³/mol. The Kier molecular flexibility index (Phi) is 2.75. The van der Waals surface area contributed by atoms with E-state index in [0.717, 1.165) is 34.9 Å². The molecule has 82 valence electrons. The Morgan fingerprint density at radius 1 is 1.27 bits per heavy atom. The Bertz CT molecular complexity index is 359. The molecule has 0 unspecified atom stereocenters. The summed E-state index contributed by atoms with van der Waals surface area (Å²) in [5, 5.41) is 11.7. The van der Waals surface area contributed by atoms with Crippen molar-refractivity contribution in [2.45, 2.75) is 33.1 Å². The van der Waals surface area contributed by atoms with Crippen LogP contribution in [0.2, 0.25) is 0 Å². The summed E-state index contributed by atoms with van der Waals surface area (Å²) in [5.41, 5.74) is 1.96. The number of piperidine rings is 1. The van der Waals surface area contributed by atoms with E-state index in [-0.39, 0.29) is 0 Å². The number of rotatable bonds is 1. The lowest BCUT2D eigenvalue weighted by molar-refractivity contribution is -0.596. The lowest BCUT2D eigenvalue weighted by Gasteiger charge is -2.27. The average Bonchev–Trinajstić information content (AvgIpc) is 2.26. The maximum atomic E-state index is 11.7. The molecule has 0 aliphatic carbocycles. The van der Waals surface area contributed by atoms with Crippen molar-refractivity contribution in [2.75, 3.05) is 18.0 Å². The second-order valence-electron chi connectivity index (χ2n) is 4.15. The number of hydrogen-bond donors (Lipinski definition) is 0. The molecule has 0 amide bonds. The average molecular weight is 207 g/mol. The first-order chi connectivity index (χ1) is 7.20. The van der Waals surface area contributed by atoms with Gasteiger partial charge in [-0.2, -0.15) is 0 Å². The molecule has 0 saturated carbocycles. The first-order valence-corrected chi connectivity index (χ1v) is 5.50. The van der Waals surface area contributed by atoms with E-state index in [2.05, 4.69) is 9.88 Å². The standard InChI is InChI=1S/C11H17N3O/c1-9-10(2)12-8-14(15)11(9)13-6-4-3-5-7-13/h8H,3-7H2,1-2H3. The highest BCUT2D eigenvalue weighted by atomic mass is 16.5. The minimum absolute atomic E-state index is 0.794. The third kappa shape index (κ3) is 1.89. The van der Waals surface area contributed by atoms with Gasteiger partial charge >= 0.3 is 0 Å². The molecule has 0 bridgehead atoms. The molecular formula is C11H17N3O. The van der Waals surface area contributed by atoms with Crippen molar-refractivity contribution in [1.82, 2.24) is 4.98 Å². The molecule has 4 nitrogen and oxygen atoms in total. The summed E-state index contributed by atoms with van der Waals surface area (Å²) in [6.45, 7) is 5.91. The van der Waals surface area contributed by atoms with Crippen LogP contribution in [0.1, 0.15) is 30.5 Å². The molecule has 4 heteroatoms. The molecule has 0 spiro atoms. The van der Waals surface area contributed by atoms with Crippen molar-refractivity contribution in [2.24, 2.45) is 0 Å². The quantitative estimate of drug-likeness (QED) is 0.515. The van der Waals surface area contributed by atoms with Gasteiger partial charge in [0.2, 0.25) is 12.1 Å². The second kappa shape index (κ2) is 4.04. The number of aromatic nitrogens is 2. The van der Waals surface area contributed by atoms with E-state index in [1.807, 2.05) is 13.8 Å². The van der Waals surface area contributed by atoms with Gasteiger partial charge in [-0.3, -0.25) is 9.63 Å². The second-order valence-corrected chi connectivity index (χ2v) is 4.15. The largest absolute Gasteiger partial charge is 0.740 e. The molecule has 1 saturated heterocycles. The van der Waals surface area contributed by atoms with Gasteiger partial charge in [0.1, 0.15) is 5.69 Å². The van der Waals surface area contributed by atoms with Crippen molar-refractivity contribution >= 4 is 5.82 Å². The van der Waals surface area contributed by atoms with E-state index in [4.69, 9.17) is 0 Å². The van der Waals surface area contributed by atoms with Crippen molar-refractivity contribution < 1.29 is 4.73 Å². The van der Waals surface area contributed by atoms with E-state index in [1.165, 1.54) is 25.6 Å². The molecule has 1 aliphatic heterocycles. The number of aryl methyl sites for hydroxylation is 1. The van der Waals surface area contributed by atoms with Gasteiger partial charge in [0.15, 0.2) is 0 Å². The van der Waals surface area contributed by atoms with Gasteiger partial charge in [0, 0.05) is 0 Å². The lowest BCUT2D eigenvalue weighted by Crippen LogP contribution is -2.42. The lowest BCUT2D eigenvalue weighted by atomic mass is 10.1. The zero-order valence-electron chi connectivity index (χ0n) is 9.36. The minimum Gasteiger partial charge on any atom is -0.740 e. The van der Waals surface area contributed by atoms with E-state index in [9.17, 15) is 5.21 Å². The van der Waals surface area contributed by atoms with E-state index in [1.54, 1.807) is 0 Å². The molecule has 0 radical (unpaired) electrons. The van der Waals surface area contributed by atoms with E-state index < -0.39 is 0 Å². The van der Waals surface area contributed by atoms with Crippen LogP contribution < -0.4 is 9.63 Å². The maximum Gasteiger partial charge on any atom is 0.230 e. The van der Waals surface area contributed by atoms with Crippen molar-refractivity contribution in [3.05, 3.63) is 22.8 Å². The summed E-state index contributed by atoms with van der Waals surface area (Å²) >= 11 is 0. The Morgan fingerprint density at radius 3 is 2.60 bits per heavy atom. The van der Waals surface area contributed by atoms with Crippen molar-refractivity contribution in [1.29, 1.82) is 0 Å². The molecule has 0 aromatic carbocycles. The normalized spacial score (nSPS) is 16.8. The topological polar surface area (TPSA) is 43.1 Å². The van der Waals surface area contributed by atoms with E-state index >= 15 is 0 Å². The summed E-state index contributed by atoms with van der Waals surface area (Å²) in [6.07, 6.45) is 5.01. The Balaban J connectivity index is 2.36. The number of hydrogen-bond acceptors (Lipinski definition) is 3. The molecule has 1 aromatic rings. The van der Waals surface area contributed by atoms with Crippen LogP contribution in [-0.4, -0.2) is 18.1 Å². The molecule has 1 aromatic heterocycles. The zero-order chi connectivity index (χ0) is 10.8. The third-order valence-corrected chi connectivity index (χ3v) is 3.10. The highest BCUT2D eigenvalue weighted by Gasteiger charge is 2.21. The fourth-order valence-corrected chi connectivity index (χ4v) is 2.10. The van der Waals surface area contributed by atoms with Crippen molar-refractivity contribution in [3.63, 3.8) is 0 Å². The predicted octanol–water partition coefficient (Wildman–Crippen LogP) is 1.32. The molecule has 0 atom stereocenters. The van der Waals surface area contributed by atoms with E-state index in [0.29, 0.717) is 0 Å². The first kappa shape index (κ1) is 10.2. The van der Waals surface area contributed by atoms with Gasteiger partial charge in [-0.1, -0.05) is 0 Å². The summed E-state index contributed by atoms with van der Waals surface area (Å²) in [4.78, 5) is 6.24. The summed E-state index contributed by atoms with van der Waals surface area (Å²) in [7, 11) is 0. The third-order valence-electron chi connectivity index (χ3n) is 3.10. The summed E-state index contributed by atoms with van der Waals surface area (Å²) in [6, 6.07) is 0. The first-order valence-electron chi connectivity index (χ1n) is 5.50. The Morgan fingerprint density at radius 2 is 1.93 bits per heavy atom. The maximum absolute atomic E-state index is 11.7. The van der Waals surface area contributed by atoms with Crippen LogP contribution in [0, 0.1) is 19.1 Å². The monoisotopic (exact) mass is 207 g/mol. The van der Waals surface area contributed by atoms with Crippen LogP contribution in [0.4, 0.5) is 5.82 Å². The van der Waals surface area contributed by atoms with Crippen LogP contribution in [0.25, 0.3) is 0 Å². The highest BCUT2D eigenvalue weighted by molar-refractivity contribution is 5.43.